The summed E-state index contributed by atoms with van der Waals surface area (Å²) in [5.41, 5.74) is 1.31. The summed E-state index contributed by atoms with van der Waals surface area (Å²) < 4.78 is 6.76. The highest BCUT2D eigenvalue weighted by molar-refractivity contribution is 6.74. The summed E-state index contributed by atoms with van der Waals surface area (Å²) in [6, 6.07) is 11.3. The van der Waals surface area contributed by atoms with E-state index in [1.165, 1.54) is 5.56 Å². The van der Waals surface area contributed by atoms with Gasteiger partial charge in [-0.2, -0.15) is 0 Å². The summed E-state index contributed by atoms with van der Waals surface area (Å²) in [5, 5.41) is 9.75. The van der Waals surface area contributed by atoms with E-state index in [0.29, 0.717) is 12.0 Å². The number of nitrogens with zero attached hydrogens (tertiary/aromatic N) is 1. The Morgan fingerprint density at radius 3 is 2.44 bits per heavy atom. The van der Waals surface area contributed by atoms with Crippen LogP contribution in [0.4, 0.5) is 0 Å². The average molecular weight is 390 g/mol. The molecule has 0 fully saturated rings. The van der Waals surface area contributed by atoms with E-state index in [9.17, 15) is 5.11 Å². The lowest BCUT2D eigenvalue weighted by Crippen LogP contribution is -2.48. The van der Waals surface area contributed by atoms with E-state index >= 15 is 0 Å². The summed E-state index contributed by atoms with van der Waals surface area (Å²) in [6.45, 7) is 15.9. The predicted octanol–water partition coefficient (Wildman–Crippen LogP) is 5.40. The van der Waals surface area contributed by atoms with E-state index in [1.54, 1.807) is 0 Å². The molecule has 0 saturated heterocycles. The van der Waals surface area contributed by atoms with Crippen molar-refractivity contribution in [1.82, 2.24) is 4.90 Å². The van der Waals surface area contributed by atoms with E-state index in [2.05, 4.69) is 88.2 Å². The number of aliphatic hydroxyl groups excluding tert-OH is 1. The fraction of sp³-hybridized carbons (Fsp3) is 0.652. The highest BCUT2D eigenvalue weighted by atomic mass is 28.4. The van der Waals surface area contributed by atoms with Crippen molar-refractivity contribution in [2.75, 3.05) is 19.8 Å². The first-order valence-corrected chi connectivity index (χ1v) is 13.3. The molecule has 4 heteroatoms. The summed E-state index contributed by atoms with van der Waals surface area (Å²) in [7, 11) is -1.89. The number of hydrogen-bond donors (Lipinski definition) is 1. The fourth-order valence-electron chi connectivity index (χ4n) is 3.78. The van der Waals surface area contributed by atoms with Crippen LogP contribution in [-0.2, 0) is 4.43 Å². The molecule has 0 spiro atoms. The van der Waals surface area contributed by atoms with Crippen LogP contribution in [0.15, 0.2) is 42.5 Å². The Morgan fingerprint density at radius 2 is 1.85 bits per heavy atom. The Morgan fingerprint density at radius 1 is 1.19 bits per heavy atom. The molecular weight excluding hydrogens is 350 g/mol. The van der Waals surface area contributed by atoms with Gasteiger partial charge in [-0.05, 0) is 42.5 Å². The Labute approximate surface area is 167 Å². The minimum absolute atomic E-state index is 0.209. The number of rotatable bonds is 9. The first-order chi connectivity index (χ1) is 12.7. The Kier molecular flexibility index (Phi) is 7.87. The zero-order valence-electron chi connectivity index (χ0n) is 18.1. The van der Waals surface area contributed by atoms with Crippen molar-refractivity contribution in [2.24, 2.45) is 5.92 Å². The van der Waals surface area contributed by atoms with Gasteiger partial charge in [0.15, 0.2) is 8.32 Å². The number of hydrogen-bond acceptors (Lipinski definition) is 3. The molecule has 0 bridgehead atoms. The van der Waals surface area contributed by atoms with Gasteiger partial charge in [0, 0.05) is 19.2 Å². The summed E-state index contributed by atoms with van der Waals surface area (Å²) in [6.07, 6.45) is 6.32. The quantitative estimate of drug-likeness (QED) is 0.453. The molecule has 1 aliphatic rings. The highest BCUT2D eigenvalue weighted by Crippen LogP contribution is 2.45. The van der Waals surface area contributed by atoms with Crippen LogP contribution in [0.3, 0.4) is 0 Å². The highest BCUT2D eigenvalue weighted by Gasteiger charge is 2.44. The molecule has 0 aliphatic carbocycles. The van der Waals surface area contributed by atoms with Gasteiger partial charge in [0.2, 0.25) is 0 Å². The molecule has 0 amide bonds. The van der Waals surface area contributed by atoms with Gasteiger partial charge in [0.1, 0.15) is 0 Å². The van der Waals surface area contributed by atoms with Crippen LogP contribution in [0, 0.1) is 5.92 Å². The molecule has 1 N–H and O–H groups in total. The van der Waals surface area contributed by atoms with E-state index in [-0.39, 0.29) is 17.7 Å². The molecule has 0 aromatic heterocycles. The van der Waals surface area contributed by atoms with E-state index < -0.39 is 8.32 Å². The lowest BCUT2D eigenvalue weighted by atomic mass is 9.98. The topological polar surface area (TPSA) is 32.7 Å². The Bertz CT molecular complexity index is 598. The van der Waals surface area contributed by atoms with Crippen LogP contribution >= 0.6 is 0 Å². The van der Waals surface area contributed by atoms with Crippen LogP contribution in [0.1, 0.15) is 52.1 Å². The molecule has 0 radical (unpaired) electrons. The van der Waals surface area contributed by atoms with Crippen LogP contribution < -0.4 is 0 Å². The van der Waals surface area contributed by atoms with E-state index in [1.807, 2.05) is 0 Å². The Hall–Kier alpha value is -0.943. The monoisotopic (exact) mass is 389 g/mol. The second kappa shape index (κ2) is 9.51. The molecule has 0 saturated carbocycles. The van der Waals surface area contributed by atoms with E-state index in [0.717, 1.165) is 26.0 Å². The molecule has 1 aliphatic heterocycles. The van der Waals surface area contributed by atoms with Crippen molar-refractivity contribution < 1.29 is 9.53 Å². The van der Waals surface area contributed by atoms with Crippen LogP contribution in [0.25, 0.3) is 0 Å². The molecule has 27 heavy (non-hydrogen) atoms. The maximum absolute atomic E-state index is 9.54. The van der Waals surface area contributed by atoms with Crippen molar-refractivity contribution in [3.05, 3.63) is 48.0 Å². The lowest BCUT2D eigenvalue weighted by Gasteiger charge is -2.45. The maximum atomic E-state index is 9.54. The van der Waals surface area contributed by atoms with Crippen molar-refractivity contribution >= 4 is 8.32 Å². The smallest absolute Gasteiger partial charge is 0.192 e. The largest absolute Gasteiger partial charge is 0.415 e. The number of benzene rings is 1. The van der Waals surface area contributed by atoms with E-state index in [4.69, 9.17) is 4.43 Å². The van der Waals surface area contributed by atoms with Crippen molar-refractivity contribution in [1.29, 1.82) is 0 Å². The van der Waals surface area contributed by atoms with Gasteiger partial charge >= 0.3 is 0 Å². The zero-order valence-corrected chi connectivity index (χ0v) is 19.1. The number of aliphatic hydroxyl groups is 1. The molecule has 152 valence electrons. The fourth-order valence-corrected chi connectivity index (χ4v) is 6.11. The van der Waals surface area contributed by atoms with Crippen molar-refractivity contribution in [3.8, 4) is 0 Å². The molecule has 3 nitrogen and oxygen atoms in total. The summed E-state index contributed by atoms with van der Waals surface area (Å²) in [5.74, 6) is 0.592. The van der Waals surface area contributed by atoms with Crippen LogP contribution in [0.2, 0.25) is 18.1 Å². The minimum Gasteiger partial charge on any atom is -0.415 e. The average Bonchev–Trinajstić information content (AvgIpc) is 2.64. The van der Waals surface area contributed by atoms with Crippen LogP contribution in [0.5, 0.6) is 0 Å². The molecule has 2 atom stereocenters. The third-order valence-electron chi connectivity index (χ3n) is 7.00. The second-order valence-corrected chi connectivity index (χ2v) is 13.8. The Balaban J connectivity index is 2.25. The zero-order chi connectivity index (χ0) is 20.1. The molecule has 2 unspecified atom stereocenters. The molecule has 1 heterocycles. The molecule has 2 rings (SSSR count). The van der Waals surface area contributed by atoms with Gasteiger partial charge in [-0.3, -0.25) is 4.90 Å². The third kappa shape index (κ3) is 5.32. The lowest BCUT2D eigenvalue weighted by molar-refractivity contribution is 0.0774. The van der Waals surface area contributed by atoms with Gasteiger partial charge < -0.3 is 9.53 Å². The van der Waals surface area contributed by atoms with Gasteiger partial charge in [0.05, 0.1) is 12.6 Å². The second-order valence-electron chi connectivity index (χ2n) is 9.19. The summed E-state index contributed by atoms with van der Waals surface area (Å²) in [4.78, 5) is 2.53. The first kappa shape index (κ1) is 22.3. The predicted molar refractivity (Wildman–Crippen MR) is 117 cm³/mol. The normalized spacial score (nSPS) is 20.2. The maximum Gasteiger partial charge on any atom is 0.192 e. The summed E-state index contributed by atoms with van der Waals surface area (Å²) >= 11 is 0. The SMILES string of the molecule is CC(C)C(C)(C)[Si](C)(C)OCC(c1ccccc1)N1CC=CCC1CCO. The standard InChI is InChI=1S/C23H39NO2Si/c1-19(2)23(3,4)27(5,6)26-18-22(20-12-8-7-9-13-20)24-16-11-10-14-21(24)15-17-25/h7-13,19,21-22,25H,14-18H2,1-6H3. The van der Waals surface area contributed by atoms with Gasteiger partial charge in [0.25, 0.3) is 0 Å². The van der Waals surface area contributed by atoms with Gasteiger partial charge in [-0.1, -0.05) is 70.2 Å². The van der Waals surface area contributed by atoms with Gasteiger partial charge in [-0.15, -0.1) is 0 Å². The molecular formula is C23H39NO2Si. The minimum atomic E-state index is -1.89. The molecule has 1 aromatic rings. The molecule has 1 aromatic carbocycles. The van der Waals surface area contributed by atoms with Crippen LogP contribution in [-0.4, -0.2) is 44.1 Å². The van der Waals surface area contributed by atoms with Gasteiger partial charge in [-0.25, -0.2) is 0 Å². The van der Waals surface area contributed by atoms with Crippen molar-refractivity contribution in [3.63, 3.8) is 0 Å². The van der Waals surface area contributed by atoms with Crippen molar-refractivity contribution in [2.45, 2.75) is 70.8 Å². The third-order valence-corrected chi connectivity index (χ3v) is 11.6. The first-order valence-electron chi connectivity index (χ1n) is 10.4.